The molecule has 1 saturated carbocycles. The number of likely N-dealkylation sites (tertiary alicyclic amines) is 1. The van der Waals surface area contributed by atoms with Gasteiger partial charge in [-0.1, -0.05) is 42.5 Å². The van der Waals surface area contributed by atoms with Crippen LogP contribution in [0.1, 0.15) is 43.5 Å². The number of fused-ring (bicyclic) bond motifs is 1. The Labute approximate surface area is 216 Å². The number of aromatic nitrogens is 2. The van der Waals surface area contributed by atoms with E-state index in [1.165, 1.54) is 37.1 Å². The van der Waals surface area contributed by atoms with Crippen molar-refractivity contribution in [1.29, 1.82) is 0 Å². The molecule has 1 aliphatic heterocycles. The topological polar surface area (TPSA) is 36.3 Å². The molecule has 0 radical (unpaired) electrons. The van der Waals surface area contributed by atoms with Crippen molar-refractivity contribution in [2.75, 3.05) is 19.6 Å². The Morgan fingerprint density at radius 3 is 2.46 bits per heavy atom. The first-order valence-electron chi connectivity index (χ1n) is 13.2. The summed E-state index contributed by atoms with van der Waals surface area (Å²) in [7, 11) is 0. The molecule has 188 valence electrons. The largest absolute Gasteiger partial charge is 0.342 e. The lowest BCUT2D eigenvalue weighted by atomic mass is 9.69. The number of benzene rings is 3. The molecule has 3 aromatic carbocycles. The number of aryl methyl sites for hydroxylation is 1. The second-order valence-electron chi connectivity index (χ2n) is 10.7. The molecule has 0 spiro atoms. The third kappa shape index (κ3) is 5.01. The molecule has 1 aromatic heterocycles. The maximum Gasteiger partial charge on any atom is 0.187 e. The fourth-order valence-electron chi connectivity index (χ4n) is 5.82. The SMILES string of the molecule is [C-]#[N+]c1cccc(-c2ccc(C3(CCc4nc5cc(F)c(F)cc5[nH]4)CCN(CC4CC4)CC3)cc2)c1. The highest BCUT2D eigenvalue weighted by Gasteiger charge is 2.37. The second kappa shape index (κ2) is 9.72. The second-order valence-corrected chi connectivity index (χ2v) is 10.7. The molecule has 0 atom stereocenters. The first-order valence-corrected chi connectivity index (χ1v) is 13.2. The zero-order valence-electron chi connectivity index (χ0n) is 20.8. The third-order valence-electron chi connectivity index (χ3n) is 8.25. The molecule has 2 fully saturated rings. The van der Waals surface area contributed by atoms with E-state index in [4.69, 9.17) is 6.57 Å². The van der Waals surface area contributed by atoms with Crippen LogP contribution in [0.2, 0.25) is 0 Å². The maximum absolute atomic E-state index is 13.7. The number of halogens is 2. The summed E-state index contributed by atoms with van der Waals surface area (Å²) in [5, 5.41) is 0. The van der Waals surface area contributed by atoms with Crippen molar-refractivity contribution in [3.63, 3.8) is 0 Å². The standard InChI is InChI=1S/C31H30F2N4/c1-34-25-4-2-3-23(17-25)22-7-9-24(10-8-22)31(13-15-37(16-14-31)20-21-5-6-21)12-11-30-35-28-18-26(32)27(33)19-29(28)36-30/h2-4,7-10,17-19,21H,5-6,11-16,20H2,(H,35,36). The monoisotopic (exact) mass is 496 g/mol. The molecule has 1 saturated heterocycles. The van der Waals surface area contributed by atoms with E-state index in [2.05, 4.69) is 44.0 Å². The smallest absolute Gasteiger partial charge is 0.187 e. The van der Waals surface area contributed by atoms with Gasteiger partial charge in [0.25, 0.3) is 0 Å². The van der Waals surface area contributed by atoms with Gasteiger partial charge in [-0.25, -0.2) is 18.6 Å². The highest BCUT2D eigenvalue weighted by Crippen LogP contribution is 2.41. The van der Waals surface area contributed by atoms with Crippen LogP contribution in [-0.4, -0.2) is 34.5 Å². The molecular formula is C31H30F2N4. The van der Waals surface area contributed by atoms with E-state index in [0.29, 0.717) is 16.7 Å². The number of nitrogens with one attached hydrogen (secondary N) is 1. The van der Waals surface area contributed by atoms with Gasteiger partial charge in [-0.15, -0.1) is 0 Å². The summed E-state index contributed by atoms with van der Waals surface area (Å²) in [6.07, 6.45) is 6.53. The summed E-state index contributed by atoms with van der Waals surface area (Å²) in [6.45, 7) is 10.7. The van der Waals surface area contributed by atoms with Crippen LogP contribution in [0.4, 0.5) is 14.5 Å². The average molecular weight is 497 g/mol. The van der Waals surface area contributed by atoms with Gasteiger partial charge >= 0.3 is 0 Å². The summed E-state index contributed by atoms with van der Waals surface area (Å²) in [5.41, 5.74) is 5.16. The minimum atomic E-state index is -0.868. The summed E-state index contributed by atoms with van der Waals surface area (Å²) in [5.74, 6) is -0.0713. The summed E-state index contributed by atoms with van der Waals surface area (Å²) in [4.78, 5) is 13.9. The molecule has 2 heterocycles. The van der Waals surface area contributed by atoms with Gasteiger partial charge in [-0.2, -0.15) is 0 Å². The highest BCUT2D eigenvalue weighted by molar-refractivity contribution is 5.75. The molecule has 6 rings (SSSR count). The summed E-state index contributed by atoms with van der Waals surface area (Å²) < 4.78 is 27.4. The van der Waals surface area contributed by atoms with Crippen molar-refractivity contribution in [2.45, 2.75) is 43.9 Å². The average Bonchev–Trinajstić information content (AvgIpc) is 3.66. The van der Waals surface area contributed by atoms with Crippen LogP contribution in [-0.2, 0) is 11.8 Å². The van der Waals surface area contributed by atoms with E-state index in [9.17, 15) is 8.78 Å². The van der Waals surface area contributed by atoms with Gasteiger partial charge in [0.1, 0.15) is 5.82 Å². The van der Waals surface area contributed by atoms with Gasteiger partial charge in [-0.3, -0.25) is 0 Å². The Kier molecular flexibility index (Phi) is 6.26. The minimum Gasteiger partial charge on any atom is -0.342 e. The first-order chi connectivity index (χ1) is 18.0. The van der Waals surface area contributed by atoms with E-state index in [0.717, 1.165) is 61.6 Å². The minimum absolute atomic E-state index is 0.0203. The summed E-state index contributed by atoms with van der Waals surface area (Å²) in [6, 6.07) is 18.9. The van der Waals surface area contributed by atoms with Gasteiger partial charge in [0.15, 0.2) is 17.3 Å². The van der Waals surface area contributed by atoms with Crippen molar-refractivity contribution in [3.05, 3.63) is 95.1 Å². The molecule has 37 heavy (non-hydrogen) atoms. The van der Waals surface area contributed by atoms with Crippen LogP contribution in [0.25, 0.3) is 27.0 Å². The van der Waals surface area contributed by atoms with E-state index < -0.39 is 11.6 Å². The van der Waals surface area contributed by atoms with Crippen LogP contribution in [0.5, 0.6) is 0 Å². The fraction of sp³-hybridized carbons (Fsp3) is 0.355. The van der Waals surface area contributed by atoms with Gasteiger partial charge in [0.05, 0.1) is 17.6 Å². The predicted octanol–water partition coefficient (Wildman–Crippen LogP) is 7.44. The van der Waals surface area contributed by atoms with Gasteiger partial charge in [-0.05, 0) is 79.3 Å². The van der Waals surface area contributed by atoms with E-state index in [1.807, 2.05) is 24.3 Å². The predicted molar refractivity (Wildman–Crippen MR) is 143 cm³/mol. The number of hydrogen-bond donors (Lipinski definition) is 1. The zero-order valence-corrected chi connectivity index (χ0v) is 20.8. The number of nitrogens with zero attached hydrogens (tertiary/aromatic N) is 3. The van der Waals surface area contributed by atoms with Gasteiger partial charge in [0, 0.05) is 25.1 Å². The molecule has 1 N–H and O–H groups in total. The third-order valence-corrected chi connectivity index (χ3v) is 8.25. The Balaban J connectivity index is 1.25. The lowest BCUT2D eigenvalue weighted by Gasteiger charge is -2.42. The summed E-state index contributed by atoms with van der Waals surface area (Å²) >= 11 is 0. The Morgan fingerprint density at radius 1 is 0.973 bits per heavy atom. The molecule has 1 aliphatic carbocycles. The Hall–Kier alpha value is -3.56. The van der Waals surface area contributed by atoms with E-state index in [-0.39, 0.29) is 5.41 Å². The Bertz CT molecular complexity index is 1420. The van der Waals surface area contributed by atoms with Crippen LogP contribution < -0.4 is 0 Å². The molecular weight excluding hydrogens is 466 g/mol. The quantitative estimate of drug-likeness (QED) is 0.270. The van der Waals surface area contributed by atoms with E-state index >= 15 is 0 Å². The number of H-pyrrole nitrogens is 1. The maximum atomic E-state index is 13.7. The van der Waals surface area contributed by atoms with Crippen molar-refractivity contribution in [3.8, 4) is 11.1 Å². The van der Waals surface area contributed by atoms with Gasteiger partial charge in [0.2, 0.25) is 0 Å². The van der Waals surface area contributed by atoms with Gasteiger partial charge < -0.3 is 9.88 Å². The number of piperidine rings is 1. The zero-order chi connectivity index (χ0) is 25.4. The first kappa shape index (κ1) is 23.8. The normalized spacial score (nSPS) is 17.6. The van der Waals surface area contributed by atoms with E-state index in [1.54, 1.807) is 0 Å². The fourth-order valence-corrected chi connectivity index (χ4v) is 5.82. The molecule has 0 bridgehead atoms. The van der Waals surface area contributed by atoms with Crippen molar-refractivity contribution < 1.29 is 8.78 Å². The van der Waals surface area contributed by atoms with Crippen LogP contribution in [0, 0.1) is 24.1 Å². The van der Waals surface area contributed by atoms with Crippen molar-refractivity contribution >= 4 is 16.7 Å². The number of imidazole rings is 1. The molecule has 2 aliphatic rings. The lowest BCUT2D eigenvalue weighted by Crippen LogP contribution is -2.43. The molecule has 4 aromatic rings. The molecule has 6 heteroatoms. The van der Waals surface area contributed by atoms with Crippen LogP contribution >= 0.6 is 0 Å². The highest BCUT2D eigenvalue weighted by atomic mass is 19.2. The van der Waals surface area contributed by atoms with Crippen molar-refractivity contribution in [2.24, 2.45) is 5.92 Å². The Morgan fingerprint density at radius 2 is 1.73 bits per heavy atom. The van der Waals surface area contributed by atoms with Crippen molar-refractivity contribution in [1.82, 2.24) is 14.9 Å². The van der Waals surface area contributed by atoms with Crippen LogP contribution in [0.15, 0.2) is 60.7 Å². The number of hydrogen-bond acceptors (Lipinski definition) is 2. The van der Waals surface area contributed by atoms with Crippen LogP contribution in [0.3, 0.4) is 0 Å². The number of rotatable bonds is 7. The molecule has 4 nitrogen and oxygen atoms in total. The molecule has 0 amide bonds. The number of aromatic amines is 1. The lowest BCUT2D eigenvalue weighted by molar-refractivity contribution is 0.146. The molecule has 0 unspecified atom stereocenters.